The van der Waals surface area contributed by atoms with Crippen molar-refractivity contribution in [2.45, 2.75) is 63.1 Å². The molecule has 0 atom stereocenters. The molecule has 0 aliphatic heterocycles. The van der Waals surface area contributed by atoms with Crippen molar-refractivity contribution in [3.63, 3.8) is 0 Å². The molecule has 2 saturated carbocycles. The number of hydrogen-bond donors (Lipinski definition) is 2. The van der Waals surface area contributed by atoms with Crippen LogP contribution >= 0.6 is 12.4 Å². The average Bonchev–Trinajstić information content (AvgIpc) is 2.89. The first-order valence-corrected chi connectivity index (χ1v) is 7.99. The fourth-order valence-electron chi connectivity index (χ4n) is 3.02. The van der Waals surface area contributed by atoms with E-state index < -0.39 is 5.54 Å². The molecule has 2 aliphatic carbocycles. The summed E-state index contributed by atoms with van der Waals surface area (Å²) in [5.74, 6) is 0.860. The van der Waals surface area contributed by atoms with E-state index in [1.807, 2.05) is 24.3 Å². The maximum absolute atomic E-state index is 12.3. The highest BCUT2D eigenvalue weighted by Crippen LogP contribution is 2.29. The Balaban J connectivity index is 0.00000176. The van der Waals surface area contributed by atoms with Crippen LogP contribution in [0, 0.1) is 0 Å². The summed E-state index contributed by atoms with van der Waals surface area (Å²) >= 11 is 0. The highest BCUT2D eigenvalue weighted by atomic mass is 35.5. The van der Waals surface area contributed by atoms with Crippen molar-refractivity contribution in [2.24, 2.45) is 5.73 Å². The van der Waals surface area contributed by atoms with E-state index in [2.05, 4.69) is 5.32 Å². The van der Waals surface area contributed by atoms with Crippen molar-refractivity contribution >= 4 is 18.3 Å². The zero-order chi connectivity index (χ0) is 14.7. The fraction of sp³-hybridized carbons (Fsp3) is 0.588. The third kappa shape index (κ3) is 3.73. The van der Waals surface area contributed by atoms with Crippen molar-refractivity contribution in [3.8, 4) is 5.75 Å². The normalized spacial score (nSPS) is 19.9. The summed E-state index contributed by atoms with van der Waals surface area (Å²) in [6.07, 6.45) is 7.53. The molecule has 3 rings (SSSR count). The number of carbonyl (C=O) groups is 1. The number of nitrogens with one attached hydrogen (secondary N) is 1. The van der Waals surface area contributed by atoms with E-state index in [-0.39, 0.29) is 18.3 Å². The number of amides is 1. The Hall–Kier alpha value is -1.26. The third-order valence-electron chi connectivity index (χ3n) is 4.71. The van der Waals surface area contributed by atoms with Crippen molar-refractivity contribution in [1.29, 1.82) is 0 Å². The Bertz CT molecular complexity index is 511. The van der Waals surface area contributed by atoms with Crippen LogP contribution in [0.1, 0.15) is 50.5 Å². The van der Waals surface area contributed by atoms with Crippen LogP contribution in [0.2, 0.25) is 0 Å². The lowest BCUT2D eigenvalue weighted by molar-refractivity contribution is -0.126. The SMILES string of the molecule is Cl.NC1(C(=O)NCc2ccccc2OC2CCC2)CCCC1. The largest absolute Gasteiger partial charge is 0.490 e. The minimum absolute atomic E-state index is 0. The van der Waals surface area contributed by atoms with Gasteiger partial charge in [-0.25, -0.2) is 0 Å². The van der Waals surface area contributed by atoms with Crippen LogP contribution in [0.3, 0.4) is 0 Å². The van der Waals surface area contributed by atoms with Crippen molar-refractivity contribution < 1.29 is 9.53 Å². The summed E-state index contributed by atoms with van der Waals surface area (Å²) in [4.78, 5) is 12.3. The van der Waals surface area contributed by atoms with Crippen LogP contribution in [-0.2, 0) is 11.3 Å². The van der Waals surface area contributed by atoms with E-state index in [9.17, 15) is 4.79 Å². The molecule has 5 heteroatoms. The first-order valence-electron chi connectivity index (χ1n) is 7.99. The van der Waals surface area contributed by atoms with E-state index in [4.69, 9.17) is 10.5 Å². The lowest BCUT2D eigenvalue weighted by Gasteiger charge is -2.28. The summed E-state index contributed by atoms with van der Waals surface area (Å²) in [6.45, 7) is 0.487. The van der Waals surface area contributed by atoms with Gasteiger partial charge in [0, 0.05) is 12.1 Å². The van der Waals surface area contributed by atoms with Gasteiger partial charge in [-0.15, -0.1) is 12.4 Å². The standard InChI is InChI=1S/C17H24N2O2.ClH/c18-17(10-3-4-11-17)16(20)19-12-13-6-1-2-9-15(13)21-14-7-5-8-14;/h1-2,6,9,14H,3-5,7-8,10-12,18H2,(H,19,20);1H. The molecule has 1 amide bonds. The van der Waals surface area contributed by atoms with E-state index in [0.717, 1.165) is 49.8 Å². The predicted molar refractivity (Wildman–Crippen MR) is 89.2 cm³/mol. The Morgan fingerprint density at radius 1 is 1.23 bits per heavy atom. The third-order valence-corrected chi connectivity index (χ3v) is 4.71. The lowest BCUT2D eigenvalue weighted by Crippen LogP contribution is -2.51. The highest BCUT2D eigenvalue weighted by molar-refractivity contribution is 5.86. The second-order valence-electron chi connectivity index (χ2n) is 6.32. The van der Waals surface area contributed by atoms with Gasteiger partial charge in [-0.05, 0) is 38.2 Å². The summed E-state index contributed by atoms with van der Waals surface area (Å²) in [5, 5.41) is 2.99. The lowest BCUT2D eigenvalue weighted by atomic mass is 9.96. The first-order chi connectivity index (χ1) is 10.2. The van der Waals surface area contributed by atoms with Crippen LogP contribution in [0.15, 0.2) is 24.3 Å². The van der Waals surface area contributed by atoms with Gasteiger partial charge < -0.3 is 15.8 Å². The van der Waals surface area contributed by atoms with E-state index in [1.54, 1.807) is 0 Å². The van der Waals surface area contributed by atoms with Gasteiger partial charge in [0.2, 0.25) is 5.91 Å². The molecule has 0 heterocycles. The van der Waals surface area contributed by atoms with Crippen molar-refractivity contribution in [3.05, 3.63) is 29.8 Å². The van der Waals surface area contributed by atoms with Crippen molar-refractivity contribution in [1.82, 2.24) is 5.32 Å². The number of nitrogens with two attached hydrogens (primary N) is 1. The van der Waals surface area contributed by atoms with Crippen molar-refractivity contribution in [2.75, 3.05) is 0 Å². The summed E-state index contributed by atoms with van der Waals surface area (Å²) in [7, 11) is 0. The minimum Gasteiger partial charge on any atom is -0.490 e. The molecule has 0 saturated heterocycles. The van der Waals surface area contributed by atoms with E-state index >= 15 is 0 Å². The number of benzene rings is 1. The quantitative estimate of drug-likeness (QED) is 0.875. The number of hydrogen-bond acceptors (Lipinski definition) is 3. The van der Waals surface area contributed by atoms with E-state index in [0.29, 0.717) is 12.6 Å². The number of halogens is 1. The molecule has 22 heavy (non-hydrogen) atoms. The second-order valence-corrected chi connectivity index (χ2v) is 6.32. The number of rotatable bonds is 5. The summed E-state index contributed by atoms with van der Waals surface area (Å²) < 4.78 is 5.98. The molecule has 0 aromatic heterocycles. The Kier molecular flexibility index (Phi) is 5.70. The van der Waals surface area contributed by atoms with Gasteiger partial charge in [0.1, 0.15) is 5.75 Å². The molecular weight excluding hydrogens is 300 g/mol. The number of ether oxygens (including phenoxy) is 1. The molecule has 0 bridgehead atoms. The minimum atomic E-state index is -0.663. The summed E-state index contributed by atoms with van der Waals surface area (Å²) in [5.41, 5.74) is 6.54. The fourth-order valence-corrected chi connectivity index (χ4v) is 3.02. The van der Waals surface area contributed by atoms with E-state index in [1.165, 1.54) is 6.42 Å². The molecule has 2 aliphatic rings. The highest BCUT2D eigenvalue weighted by Gasteiger charge is 2.36. The van der Waals surface area contributed by atoms with Crippen LogP contribution in [0.4, 0.5) is 0 Å². The van der Waals surface area contributed by atoms with Crippen LogP contribution in [0.25, 0.3) is 0 Å². The zero-order valence-electron chi connectivity index (χ0n) is 12.8. The van der Waals surface area contributed by atoms with Gasteiger partial charge in [0.15, 0.2) is 0 Å². The van der Waals surface area contributed by atoms with Gasteiger partial charge in [-0.1, -0.05) is 31.0 Å². The molecule has 4 nitrogen and oxygen atoms in total. The molecule has 2 fully saturated rings. The van der Waals surface area contributed by atoms with Gasteiger partial charge in [-0.2, -0.15) is 0 Å². The smallest absolute Gasteiger partial charge is 0.240 e. The monoisotopic (exact) mass is 324 g/mol. The summed E-state index contributed by atoms with van der Waals surface area (Å²) in [6, 6.07) is 7.93. The maximum Gasteiger partial charge on any atom is 0.240 e. The van der Waals surface area contributed by atoms with Gasteiger partial charge >= 0.3 is 0 Å². The van der Waals surface area contributed by atoms with Crippen LogP contribution in [0.5, 0.6) is 5.75 Å². The van der Waals surface area contributed by atoms with Gasteiger partial charge in [0.05, 0.1) is 11.6 Å². The Morgan fingerprint density at radius 3 is 2.55 bits per heavy atom. The van der Waals surface area contributed by atoms with Gasteiger partial charge in [-0.3, -0.25) is 4.79 Å². The van der Waals surface area contributed by atoms with Crippen LogP contribution in [-0.4, -0.2) is 17.6 Å². The maximum atomic E-state index is 12.3. The molecule has 1 aromatic carbocycles. The molecule has 1 aromatic rings. The first kappa shape index (κ1) is 17.1. The number of para-hydroxylation sites is 1. The van der Waals surface area contributed by atoms with Gasteiger partial charge in [0.25, 0.3) is 0 Å². The molecular formula is C17H25ClN2O2. The molecule has 122 valence electrons. The second kappa shape index (κ2) is 7.34. The zero-order valence-corrected chi connectivity index (χ0v) is 13.7. The molecule has 0 unspecified atom stereocenters. The molecule has 0 spiro atoms. The number of carbonyl (C=O) groups excluding carboxylic acids is 1. The topological polar surface area (TPSA) is 64.4 Å². The molecule has 3 N–H and O–H groups in total. The van der Waals surface area contributed by atoms with Crippen LogP contribution < -0.4 is 15.8 Å². The molecule has 0 radical (unpaired) electrons. The Labute approximate surface area is 138 Å². The Morgan fingerprint density at radius 2 is 1.91 bits per heavy atom. The predicted octanol–water partition coefficient (Wildman–Crippen LogP) is 2.93. The average molecular weight is 325 g/mol.